The van der Waals surface area contributed by atoms with Crippen molar-refractivity contribution >= 4 is 39.9 Å². The zero-order chi connectivity index (χ0) is 16.1. The Hall–Kier alpha value is -1.76. The SMILES string of the molecule is O=C(COc1cccc(I)c1)Nc1ccc(N2CCCC2)cc1. The number of nitrogens with one attached hydrogen (secondary N) is 1. The quantitative estimate of drug-likeness (QED) is 0.744. The average molecular weight is 422 g/mol. The molecule has 0 unspecified atom stereocenters. The van der Waals surface area contributed by atoms with Crippen LogP contribution in [0.15, 0.2) is 48.5 Å². The summed E-state index contributed by atoms with van der Waals surface area (Å²) in [6, 6.07) is 15.6. The van der Waals surface area contributed by atoms with Crippen molar-refractivity contribution in [3.05, 3.63) is 52.1 Å². The lowest BCUT2D eigenvalue weighted by atomic mass is 10.2. The van der Waals surface area contributed by atoms with Crippen LogP contribution in [0.3, 0.4) is 0 Å². The number of ether oxygens (including phenoxy) is 1. The summed E-state index contributed by atoms with van der Waals surface area (Å²) in [6.07, 6.45) is 2.52. The molecule has 0 atom stereocenters. The van der Waals surface area contributed by atoms with E-state index in [0.717, 1.165) is 22.3 Å². The molecule has 23 heavy (non-hydrogen) atoms. The van der Waals surface area contributed by atoms with Gasteiger partial charge in [0.15, 0.2) is 6.61 Å². The maximum absolute atomic E-state index is 12.0. The Balaban J connectivity index is 1.51. The number of anilines is 2. The summed E-state index contributed by atoms with van der Waals surface area (Å²) >= 11 is 2.22. The van der Waals surface area contributed by atoms with Gasteiger partial charge in [-0.15, -0.1) is 0 Å². The number of nitrogens with zero attached hydrogens (tertiary/aromatic N) is 1. The molecule has 2 aromatic carbocycles. The van der Waals surface area contributed by atoms with Crippen LogP contribution in [0, 0.1) is 3.57 Å². The normalized spacial score (nSPS) is 13.9. The Morgan fingerprint density at radius 1 is 1.13 bits per heavy atom. The number of carbonyl (C=O) groups excluding carboxylic acids is 1. The number of benzene rings is 2. The molecule has 0 aliphatic carbocycles. The lowest BCUT2D eigenvalue weighted by molar-refractivity contribution is -0.118. The van der Waals surface area contributed by atoms with Crippen molar-refractivity contribution in [2.45, 2.75) is 12.8 Å². The molecule has 2 aromatic rings. The van der Waals surface area contributed by atoms with E-state index in [1.165, 1.54) is 18.5 Å². The molecule has 3 rings (SSSR count). The number of carbonyl (C=O) groups is 1. The van der Waals surface area contributed by atoms with Crippen molar-refractivity contribution in [2.75, 3.05) is 29.9 Å². The molecule has 1 N–H and O–H groups in total. The zero-order valence-corrected chi connectivity index (χ0v) is 15.0. The molecule has 1 heterocycles. The van der Waals surface area contributed by atoms with E-state index in [1.54, 1.807) is 0 Å². The molecule has 1 aliphatic rings. The maximum atomic E-state index is 12.0. The summed E-state index contributed by atoms with van der Waals surface area (Å²) in [6.45, 7) is 2.25. The van der Waals surface area contributed by atoms with Crippen LogP contribution in [0.5, 0.6) is 5.75 Å². The predicted octanol–water partition coefficient (Wildman–Crippen LogP) is 3.91. The van der Waals surface area contributed by atoms with E-state index in [9.17, 15) is 4.79 Å². The first-order valence-corrected chi connectivity index (χ1v) is 8.82. The Morgan fingerprint density at radius 2 is 1.87 bits per heavy atom. The summed E-state index contributed by atoms with van der Waals surface area (Å²) in [4.78, 5) is 14.3. The number of amides is 1. The van der Waals surface area contributed by atoms with Crippen molar-refractivity contribution in [1.29, 1.82) is 0 Å². The second kappa shape index (κ2) is 7.68. The molecule has 120 valence electrons. The highest BCUT2D eigenvalue weighted by atomic mass is 127. The van der Waals surface area contributed by atoms with Gasteiger partial charge in [0.1, 0.15) is 5.75 Å². The van der Waals surface area contributed by atoms with Crippen LogP contribution in [0.1, 0.15) is 12.8 Å². The van der Waals surface area contributed by atoms with Crippen molar-refractivity contribution in [3.8, 4) is 5.75 Å². The van der Waals surface area contributed by atoms with Crippen molar-refractivity contribution < 1.29 is 9.53 Å². The zero-order valence-electron chi connectivity index (χ0n) is 12.8. The standard InChI is InChI=1S/C18H19IN2O2/c19-14-4-3-5-17(12-14)23-13-18(22)20-15-6-8-16(9-7-15)21-10-1-2-11-21/h3-9,12H,1-2,10-11,13H2,(H,20,22). The minimum absolute atomic E-state index is 0.00791. The van der Waals surface area contributed by atoms with Gasteiger partial charge in [-0.2, -0.15) is 0 Å². The average Bonchev–Trinajstić information content (AvgIpc) is 3.08. The van der Waals surface area contributed by atoms with Crippen LogP contribution in [-0.2, 0) is 4.79 Å². The van der Waals surface area contributed by atoms with Crippen molar-refractivity contribution in [1.82, 2.24) is 0 Å². The molecule has 1 fully saturated rings. The van der Waals surface area contributed by atoms with Gasteiger partial charge in [0, 0.05) is 28.0 Å². The van der Waals surface area contributed by atoms with E-state index in [4.69, 9.17) is 4.74 Å². The molecule has 1 amide bonds. The third-order valence-electron chi connectivity index (χ3n) is 3.79. The third kappa shape index (κ3) is 4.60. The molecular formula is C18H19IN2O2. The van der Waals surface area contributed by atoms with E-state index in [2.05, 4.69) is 44.9 Å². The first kappa shape index (κ1) is 16.1. The van der Waals surface area contributed by atoms with Crippen molar-refractivity contribution in [2.24, 2.45) is 0 Å². The van der Waals surface area contributed by atoms with Gasteiger partial charge in [-0.05, 0) is 77.9 Å². The molecule has 5 heteroatoms. The monoisotopic (exact) mass is 422 g/mol. The first-order valence-electron chi connectivity index (χ1n) is 7.74. The van der Waals surface area contributed by atoms with E-state index >= 15 is 0 Å². The van der Waals surface area contributed by atoms with Gasteiger partial charge in [-0.3, -0.25) is 4.79 Å². The molecule has 1 aliphatic heterocycles. The Morgan fingerprint density at radius 3 is 2.57 bits per heavy atom. The summed E-state index contributed by atoms with van der Waals surface area (Å²) in [5, 5.41) is 2.86. The van der Waals surface area contributed by atoms with E-state index in [-0.39, 0.29) is 12.5 Å². The van der Waals surface area contributed by atoms with Crippen LogP contribution in [0.4, 0.5) is 11.4 Å². The van der Waals surface area contributed by atoms with Crippen LogP contribution < -0.4 is 15.0 Å². The van der Waals surface area contributed by atoms with E-state index < -0.39 is 0 Å². The van der Waals surface area contributed by atoms with Crippen molar-refractivity contribution in [3.63, 3.8) is 0 Å². The van der Waals surface area contributed by atoms with Gasteiger partial charge in [0.05, 0.1) is 0 Å². The van der Waals surface area contributed by atoms with Gasteiger partial charge >= 0.3 is 0 Å². The number of halogens is 1. The fourth-order valence-corrected chi connectivity index (χ4v) is 3.15. The maximum Gasteiger partial charge on any atom is 0.262 e. The van der Waals surface area contributed by atoms with Gasteiger partial charge in [0.25, 0.3) is 5.91 Å². The fourth-order valence-electron chi connectivity index (χ4n) is 2.63. The van der Waals surface area contributed by atoms with Crippen LogP contribution in [0.2, 0.25) is 0 Å². The lowest BCUT2D eigenvalue weighted by Gasteiger charge is -2.17. The Kier molecular flexibility index (Phi) is 5.38. The molecule has 0 radical (unpaired) electrons. The fraction of sp³-hybridized carbons (Fsp3) is 0.278. The highest BCUT2D eigenvalue weighted by molar-refractivity contribution is 14.1. The van der Waals surface area contributed by atoms with Crippen LogP contribution >= 0.6 is 22.6 Å². The Bertz CT molecular complexity index is 667. The molecule has 0 saturated carbocycles. The van der Waals surface area contributed by atoms with Gasteiger partial charge < -0.3 is 15.0 Å². The highest BCUT2D eigenvalue weighted by Gasteiger charge is 2.12. The molecule has 4 nitrogen and oxygen atoms in total. The second-order valence-electron chi connectivity index (χ2n) is 5.54. The minimum atomic E-state index is -0.155. The number of hydrogen-bond acceptors (Lipinski definition) is 3. The number of rotatable bonds is 5. The summed E-state index contributed by atoms with van der Waals surface area (Å²) in [5.74, 6) is 0.550. The van der Waals surface area contributed by atoms with Crippen LogP contribution in [0.25, 0.3) is 0 Å². The second-order valence-corrected chi connectivity index (χ2v) is 6.78. The Labute approximate surface area is 150 Å². The topological polar surface area (TPSA) is 41.6 Å². The summed E-state index contributed by atoms with van der Waals surface area (Å²) < 4.78 is 6.58. The largest absolute Gasteiger partial charge is 0.484 e. The van der Waals surface area contributed by atoms with Crippen LogP contribution in [-0.4, -0.2) is 25.6 Å². The molecule has 0 aromatic heterocycles. The summed E-state index contributed by atoms with van der Waals surface area (Å²) in [5.41, 5.74) is 2.01. The highest BCUT2D eigenvalue weighted by Crippen LogP contribution is 2.22. The first-order chi connectivity index (χ1) is 11.2. The van der Waals surface area contributed by atoms with Gasteiger partial charge in [0.2, 0.25) is 0 Å². The molecule has 0 bridgehead atoms. The lowest BCUT2D eigenvalue weighted by Crippen LogP contribution is -2.20. The van der Waals surface area contributed by atoms with Gasteiger partial charge in [-0.1, -0.05) is 6.07 Å². The molecular weight excluding hydrogens is 403 g/mol. The smallest absolute Gasteiger partial charge is 0.262 e. The molecule has 0 spiro atoms. The van der Waals surface area contributed by atoms with E-state index in [1.807, 2.05) is 36.4 Å². The minimum Gasteiger partial charge on any atom is -0.484 e. The molecule has 1 saturated heterocycles. The summed E-state index contributed by atoms with van der Waals surface area (Å²) in [7, 11) is 0. The van der Waals surface area contributed by atoms with Gasteiger partial charge in [-0.25, -0.2) is 0 Å². The third-order valence-corrected chi connectivity index (χ3v) is 4.46. The predicted molar refractivity (Wildman–Crippen MR) is 101 cm³/mol. The number of hydrogen-bond donors (Lipinski definition) is 1. The van der Waals surface area contributed by atoms with E-state index in [0.29, 0.717) is 5.75 Å².